The number of carboxylic acid groups (broad SMARTS) is 2. The number of hydrogen-bond acceptors (Lipinski definition) is 4. The third kappa shape index (κ3) is 3.19. The van der Waals surface area contributed by atoms with Gasteiger partial charge in [0.15, 0.2) is 0 Å². The van der Waals surface area contributed by atoms with Gasteiger partial charge < -0.3 is 20.8 Å². The molecular formula is C11H18N2O5. The van der Waals surface area contributed by atoms with E-state index in [4.69, 9.17) is 10.2 Å². The second-order valence-electron chi connectivity index (χ2n) is 4.52. The number of hydrogen-bond donors (Lipinski definition) is 4. The molecule has 1 rings (SSSR count). The summed E-state index contributed by atoms with van der Waals surface area (Å²) >= 11 is 0. The van der Waals surface area contributed by atoms with E-state index in [1.54, 1.807) is 0 Å². The Morgan fingerprint density at radius 1 is 1.39 bits per heavy atom. The number of aliphatic carboxylic acids is 2. The maximum absolute atomic E-state index is 12.1. The maximum Gasteiger partial charge on any atom is 0.326 e. The molecule has 1 amide bonds. The van der Waals surface area contributed by atoms with Gasteiger partial charge in [0, 0.05) is 6.54 Å². The predicted octanol–water partition coefficient (Wildman–Crippen LogP) is -0.580. The van der Waals surface area contributed by atoms with Crippen LogP contribution in [0.25, 0.3) is 0 Å². The summed E-state index contributed by atoms with van der Waals surface area (Å²) in [6, 6.07) is -1.38. The third-order valence-electron chi connectivity index (χ3n) is 3.38. The molecule has 2 unspecified atom stereocenters. The Balaban J connectivity index is 2.71. The second-order valence-corrected chi connectivity index (χ2v) is 4.52. The molecule has 0 saturated carbocycles. The van der Waals surface area contributed by atoms with Gasteiger partial charge in [0.2, 0.25) is 5.91 Å². The van der Waals surface area contributed by atoms with Crippen molar-refractivity contribution in [3.8, 4) is 0 Å². The quantitative estimate of drug-likeness (QED) is 0.506. The molecule has 0 aliphatic carbocycles. The third-order valence-corrected chi connectivity index (χ3v) is 3.38. The Kier molecular flexibility index (Phi) is 4.66. The number of rotatable bonds is 6. The van der Waals surface area contributed by atoms with Gasteiger partial charge in [-0.15, -0.1) is 0 Å². The fourth-order valence-corrected chi connectivity index (χ4v) is 2.09. The lowest BCUT2D eigenvalue weighted by Crippen LogP contribution is -2.50. The molecule has 0 aromatic rings. The highest BCUT2D eigenvalue weighted by molar-refractivity contribution is 5.89. The standard InChI is InChI=1S/C11H18N2O5/c1-2-11(3-4-12-6-11)10(18)13-7(9(16)17)5-8(14)15/h7,12H,2-6H2,1H3,(H,13,18)(H,14,15)(H,16,17). The smallest absolute Gasteiger partial charge is 0.326 e. The molecule has 2 atom stereocenters. The average Bonchev–Trinajstić information content (AvgIpc) is 2.77. The molecule has 0 bridgehead atoms. The number of carbonyl (C=O) groups is 3. The Morgan fingerprint density at radius 2 is 2.06 bits per heavy atom. The Labute approximate surface area is 105 Å². The van der Waals surface area contributed by atoms with Crippen LogP contribution in [-0.2, 0) is 14.4 Å². The first-order valence-corrected chi connectivity index (χ1v) is 5.87. The summed E-state index contributed by atoms with van der Waals surface area (Å²) < 4.78 is 0. The first-order chi connectivity index (χ1) is 8.41. The molecule has 0 aromatic carbocycles. The van der Waals surface area contributed by atoms with Crippen LogP contribution < -0.4 is 10.6 Å². The molecule has 1 fully saturated rings. The normalized spacial score (nSPS) is 24.5. The predicted molar refractivity (Wildman–Crippen MR) is 62.0 cm³/mol. The molecule has 18 heavy (non-hydrogen) atoms. The SMILES string of the molecule is CCC1(C(=O)NC(CC(=O)O)C(=O)O)CCNC1. The number of carboxylic acids is 2. The van der Waals surface area contributed by atoms with Crippen LogP contribution in [0.5, 0.6) is 0 Å². The lowest BCUT2D eigenvalue weighted by atomic mass is 9.83. The summed E-state index contributed by atoms with van der Waals surface area (Å²) in [6.45, 7) is 3.06. The van der Waals surface area contributed by atoms with Crippen molar-refractivity contribution >= 4 is 17.8 Å². The zero-order valence-electron chi connectivity index (χ0n) is 10.2. The molecule has 1 aliphatic rings. The summed E-state index contributed by atoms with van der Waals surface area (Å²) in [6.07, 6.45) is 0.605. The summed E-state index contributed by atoms with van der Waals surface area (Å²) in [5.41, 5.74) is -0.619. The van der Waals surface area contributed by atoms with Crippen LogP contribution >= 0.6 is 0 Å². The molecule has 0 aromatic heterocycles. The summed E-state index contributed by atoms with van der Waals surface area (Å²) in [5, 5.41) is 22.9. The van der Waals surface area contributed by atoms with Gasteiger partial charge >= 0.3 is 11.9 Å². The lowest BCUT2D eigenvalue weighted by Gasteiger charge is -2.27. The topological polar surface area (TPSA) is 116 Å². The van der Waals surface area contributed by atoms with Crippen LogP contribution in [0.1, 0.15) is 26.2 Å². The van der Waals surface area contributed by atoms with Crippen molar-refractivity contribution in [1.29, 1.82) is 0 Å². The van der Waals surface area contributed by atoms with Crippen molar-refractivity contribution in [2.45, 2.75) is 32.2 Å². The van der Waals surface area contributed by atoms with Crippen molar-refractivity contribution in [3.05, 3.63) is 0 Å². The van der Waals surface area contributed by atoms with E-state index in [9.17, 15) is 14.4 Å². The van der Waals surface area contributed by atoms with Gasteiger partial charge in [-0.2, -0.15) is 0 Å². The first-order valence-electron chi connectivity index (χ1n) is 5.87. The van der Waals surface area contributed by atoms with Gasteiger partial charge in [0.05, 0.1) is 11.8 Å². The molecule has 7 nitrogen and oxygen atoms in total. The summed E-state index contributed by atoms with van der Waals surface area (Å²) in [5.74, 6) is -2.97. The van der Waals surface area contributed by atoms with Crippen LogP contribution in [0.15, 0.2) is 0 Å². The van der Waals surface area contributed by atoms with Gasteiger partial charge in [-0.3, -0.25) is 9.59 Å². The van der Waals surface area contributed by atoms with Crippen LogP contribution in [0.2, 0.25) is 0 Å². The Morgan fingerprint density at radius 3 is 2.44 bits per heavy atom. The minimum absolute atomic E-state index is 0.386. The van der Waals surface area contributed by atoms with Crippen LogP contribution in [0.3, 0.4) is 0 Å². The summed E-state index contributed by atoms with van der Waals surface area (Å²) in [4.78, 5) is 33.5. The number of carbonyl (C=O) groups excluding carboxylic acids is 1. The average molecular weight is 258 g/mol. The van der Waals surface area contributed by atoms with Crippen LogP contribution in [-0.4, -0.2) is 47.2 Å². The van der Waals surface area contributed by atoms with Crippen molar-refractivity contribution < 1.29 is 24.6 Å². The molecular weight excluding hydrogens is 240 g/mol. The Bertz CT molecular complexity index is 349. The van der Waals surface area contributed by atoms with Gasteiger partial charge in [0.25, 0.3) is 0 Å². The Hall–Kier alpha value is -1.63. The van der Waals surface area contributed by atoms with E-state index in [-0.39, 0.29) is 5.91 Å². The van der Waals surface area contributed by atoms with Gasteiger partial charge in [0.1, 0.15) is 6.04 Å². The zero-order chi connectivity index (χ0) is 13.8. The molecule has 1 saturated heterocycles. The fourth-order valence-electron chi connectivity index (χ4n) is 2.09. The van der Waals surface area contributed by atoms with Gasteiger partial charge in [-0.1, -0.05) is 6.92 Å². The largest absolute Gasteiger partial charge is 0.481 e. The van der Waals surface area contributed by atoms with E-state index in [1.807, 2.05) is 6.92 Å². The van der Waals surface area contributed by atoms with Crippen molar-refractivity contribution in [2.24, 2.45) is 5.41 Å². The van der Waals surface area contributed by atoms with Crippen LogP contribution in [0, 0.1) is 5.41 Å². The minimum Gasteiger partial charge on any atom is -0.481 e. The monoisotopic (exact) mass is 258 g/mol. The highest BCUT2D eigenvalue weighted by Crippen LogP contribution is 2.29. The fraction of sp³-hybridized carbons (Fsp3) is 0.727. The molecule has 1 aliphatic heterocycles. The van der Waals surface area contributed by atoms with E-state index >= 15 is 0 Å². The van der Waals surface area contributed by atoms with E-state index in [0.29, 0.717) is 25.9 Å². The number of amides is 1. The minimum atomic E-state index is -1.38. The summed E-state index contributed by atoms with van der Waals surface area (Å²) in [7, 11) is 0. The maximum atomic E-state index is 12.1. The van der Waals surface area contributed by atoms with E-state index in [2.05, 4.69) is 10.6 Å². The highest BCUT2D eigenvalue weighted by atomic mass is 16.4. The van der Waals surface area contributed by atoms with E-state index in [0.717, 1.165) is 0 Å². The van der Waals surface area contributed by atoms with Crippen LogP contribution in [0.4, 0.5) is 0 Å². The lowest BCUT2D eigenvalue weighted by molar-refractivity contribution is -0.148. The molecule has 1 heterocycles. The van der Waals surface area contributed by atoms with Crippen molar-refractivity contribution in [1.82, 2.24) is 10.6 Å². The first kappa shape index (κ1) is 14.4. The second kappa shape index (κ2) is 5.81. The molecule has 0 radical (unpaired) electrons. The van der Waals surface area contributed by atoms with E-state index < -0.39 is 29.8 Å². The zero-order valence-corrected chi connectivity index (χ0v) is 10.2. The van der Waals surface area contributed by atoms with Gasteiger partial charge in [-0.05, 0) is 19.4 Å². The van der Waals surface area contributed by atoms with Crippen molar-refractivity contribution in [3.63, 3.8) is 0 Å². The van der Waals surface area contributed by atoms with Crippen molar-refractivity contribution in [2.75, 3.05) is 13.1 Å². The van der Waals surface area contributed by atoms with E-state index in [1.165, 1.54) is 0 Å². The number of nitrogens with one attached hydrogen (secondary N) is 2. The molecule has 102 valence electrons. The molecule has 4 N–H and O–H groups in total. The van der Waals surface area contributed by atoms with Gasteiger partial charge in [-0.25, -0.2) is 4.79 Å². The molecule has 7 heteroatoms. The highest BCUT2D eigenvalue weighted by Gasteiger charge is 2.41. The molecule has 0 spiro atoms.